The number of aromatic nitrogens is 3. The minimum Gasteiger partial charge on any atom is -0.339 e. The number of anilines is 5. The number of benzene rings is 2. The highest BCUT2D eigenvalue weighted by Gasteiger charge is 2.22. The minimum absolute atomic E-state index is 0.110. The van der Waals surface area contributed by atoms with E-state index in [0.29, 0.717) is 11.8 Å². The highest BCUT2D eigenvalue weighted by molar-refractivity contribution is 5.89. The summed E-state index contributed by atoms with van der Waals surface area (Å²) in [6.45, 7) is 2.32. The number of nitrogens with one attached hydrogen (secondary N) is 2. The van der Waals surface area contributed by atoms with Gasteiger partial charge in [-0.05, 0) is 36.2 Å². The van der Waals surface area contributed by atoms with E-state index in [1.54, 1.807) is 6.20 Å². The molecule has 0 spiro atoms. The first-order valence-corrected chi connectivity index (χ1v) is 8.39. The van der Waals surface area contributed by atoms with Crippen molar-refractivity contribution in [1.29, 1.82) is 0 Å². The van der Waals surface area contributed by atoms with Crippen molar-refractivity contribution in [2.45, 2.75) is 13.3 Å². The number of rotatable bonds is 4. The van der Waals surface area contributed by atoms with Crippen LogP contribution in [-0.2, 0) is 11.2 Å². The first-order chi connectivity index (χ1) is 12.7. The van der Waals surface area contributed by atoms with Crippen LogP contribution in [0.5, 0.6) is 0 Å². The Hall–Kier alpha value is -3.48. The van der Waals surface area contributed by atoms with Crippen LogP contribution in [0.15, 0.2) is 54.7 Å². The van der Waals surface area contributed by atoms with E-state index in [1.807, 2.05) is 36.4 Å². The van der Waals surface area contributed by atoms with Crippen molar-refractivity contribution in [1.82, 2.24) is 15.2 Å². The molecule has 0 saturated carbocycles. The Balaban J connectivity index is 1.57. The molecule has 0 aliphatic carbocycles. The lowest BCUT2D eigenvalue weighted by Gasteiger charge is -2.17. The van der Waals surface area contributed by atoms with E-state index in [2.05, 4.69) is 42.8 Å². The SMILES string of the molecule is CC(=O)Nc1cccc(Nc2cnnc(N3CCc4ccccc43)n2)c1. The molecule has 2 aromatic carbocycles. The summed E-state index contributed by atoms with van der Waals surface area (Å²) in [6, 6.07) is 15.7. The lowest BCUT2D eigenvalue weighted by atomic mass is 10.2. The van der Waals surface area contributed by atoms with Gasteiger partial charge in [-0.15, -0.1) is 5.10 Å². The van der Waals surface area contributed by atoms with Gasteiger partial charge in [0, 0.05) is 30.5 Å². The molecule has 3 aromatic rings. The Labute approximate surface area is 151 Å². The average molecular weight is 346 g/mol. The molecule has 1 aromatic heterocycles. The molecule has 7 heteroatoms. The zero-order chi connectivity index (χ0) is 17.9. The van der Waals surface area contributed by atoms with Gasteiger partial charge in [-0.25, -0.2) is 0 Å². The van der Waals surface area contributed by atoms with Crippen LogP contribution in [-0.4, -0.2) is 27.6 Å². The van der Waals surface area contributed by atoms with Gasteiger partial charge in [-0.2, -0.15) is 10.1 Å². The third kappa shape index (κ3) is 3.32. The van der Waals surface area contributed by atoms with Gasteiger partial charge in [0.15, 0.2) is 5.82 Å². The van der Waals surface area contributed by atoms with Crippen LogP contribution in [0, 0.1) is 0 Å². The second-order valence-electron chi connectivity index (χ2n) is 6.06. The summed E-state index contributed by atoms with van der Waals surface area (Å²) in [5.74, 6) is 1.05. The first kappa shape index (κ1) is 16.0. The molecule has 2 N–H and O–H groups in total. The third-order valence-electron chi connectivity index (χ3n) is 4.13. The predicted octanol–water partition coefficient (Wildman–Crippen LogP) is 3.27. The van der Waals surface area contributed by atoms with Gasteiger partial charge >= 0.3 is 0 Å². The van der Waals surface area contributed by atoms with E-state index in [0.717, 1.165) is 30.0 Å². The maximum Gasteiger partial charge on any atom is 0.251 e. The van der Waals surface area contributed by atoms with Crippen LogP contribution in [0.2, 0.25) is 0 Å². The summed E-state index contributed by atoms with van der Waals surface area (Å²) in [4.78, 5) is 17.9. The highest BCUT2D eigenvalue weighted by Crippen LogP contribution is 2.32. The van der Waals surface area contributed by atoms with Gasteiger partial charge < -0.3 is 15.5 Å². The molecule has 0 atom stereocenters. The summed E-state index contributed by atoms with van der Waals surface area (Å²) in [5, 5.41) is 14.2. The van der Waals surface area contributed by atoms with Crippen molar-refractivity contribution >= 4 is 34.7 Å². The van der Waals surface area contributed by atoms with E-state index in [-0.39, 0.29) is 5.91 Å². The molecule has 0 bridgehead atoms. The first-order valence-electron chi connectivity index (χ1n) is 8.39. The second-order valence-corrected chi connectivity index (χ2v) is 6.06. The summed E-state index contributed by atoms with van der Waals surface area (Å²) in [6.07, 6.45) is 2.55. The molecule has 1 aliphatic heterocycles. The summed E-state index contributed by atoms with van der Waals surface area (Å²) in [7, 11) is 0. The predicted molar refractivity (Wildman–Crippen MR) is 101 cm³/mol. The van der Waals surface area contributed by atoms with E-state index in [1.165, 1.54) is 12.5 Å². The van der Waals surface area contributed by atoms with Crippen LogP contribution in [0.1, 0.15) is 12.5 Å². The molecule has 26 heavy (non-hydrogen) atoms. The summed E-state index contributed by atoms with van der Waals surface area (Å²) in [5.41, 5.74) is 3.94. The van der Waals surface area contributed by atoms with Crippen molar-refractivity contribution < 1.29 is 4.79 Å². The van der Waals surface area contributed by atoms with Crippen LogP contribution in [0.4, 0.5) is 28.8 Å². The van der Waals surface area contributed by atoms with Crippen LogP contribution < -0.4 is 15.5 Å². The zero-order valence-electron chi connectivity index (χ0n) is 14.3. The topological polar surface area (TPSA) is 83.0 Å². The number of fused-ring (bicyclic) bond motifs is 1. The smallest absolute Gasteiger partial charge is 0.251 e. The fourth-order valence-electron chi connectivity index (χ4n) is 3.04. The Bertz CT molecular complexity index is 958. The fourth-order valence-corrected chi connectivity index (χ4v) is 3.04. The van der Waals surface area contributed by atoms with Crippen LogP contribution in [0.25, 0.3) is 0 Å². The number of hydrogen-bond donors (Lipinski definition) is 2. The molecule has 7 nitrogen and oxygen atoms in total. The zero-order valence-corrected chi connectivity index (χ0v) is 14.3. The van der Waals surface area contributed by atoms with Crippen molar-refractivity contribution in [2.75, 3.05) is 22.1 Å². The second kappa shape index (κ2) is 6.79. The molecule has 0 radical (unpaired) electrons. The molecule has 0 fully saturated rings. The monoisotopic (exact) mass is 346 g/mol. The normalized spacial score (nSPS) is 12.6. The van der Waals surface area contributed by atoms with Gasteiger partial charge in [0.05, 0.1) is 6.20 Å². The maximum atomic E-state index is 11.2. The number of amides is 1. The van der Waals surface area contributed by atoms with Crippen LogP contribution >= 0.6 is 0 Å². The largest absolute Gasteiger partial charge is 0.339 e. The standard InChI is InChI=1S/C19H18N6O/c1-13(26)21-15-6-4-7-16(11-15)22-18-12-20-24-19(23-18)25-10-9-14-5-2-3-8-17(14)25/h2-8,11-12H,9-10H2,1H3,(H,21,26)(H,22,23,24). The van der Waals surface area contributed by atoms with Gasteiger partial charge in [0.25, 0.3) is 5.95 Å². The number of nitrogens with zero attached hydrogens (tertiary/aromatic N) is 4. The molecule has 130 valence electrons. The Morgan fingerprint density at radius 1 is 1.12 bits per heavy atom. The van der Waals surface area contributed by atoms with Crippen molar-refractivity contribution in [3.63, 3.8) is 0 Å². The van der Waals surface area contributed by atoms with Gasteiger partial charge in [-0.3, -0.25) is 4.79 Å². The Morgan fingerprint density at radius 3 is 2.85 bits per heavy atom. The van der Waals surface area contributed by atoms with Gasteiger partial charge in [-0.1, -0.05) is 24.3 Å². The van der Waals surface area contributed by atoms with Gasteiger partial charge in [0.1, 0.15) is 0 Å². The van der Waals surface area contributed by atoms with E-state index in [4.69, 9.17) is 0 Å². The fraction of sp³-hybridized carbons (Fsp3) is 0.158. The van der Waals surface area contributed by atoms with E-state index < -0.39 is 0 Å². The Morgan fingerprint density at radius 2 is 1.96 bits per heavy atom. The molecular formula is C19H18N6O. The lowest BCUT2D eigenvalue weighted by Crippen LogP contribution is -2.17. The van der Waals surface area contributed by atoms with E-state index in [9.17, 15) is 4.79 Å². The van der Waals surface area contributed by atoms with Crippen molar-refractivity contribution in [2.24, 2.45) is 0 Å². The molecule has 1 aliphatic rings. The Kier molecular flexibility index (Phi) is 4.18. The van der Waals surface area contributed by atoms with E-state index >= 15 is 0 Å². The number of para-hydroxylation sites is 1. The minimum atomic E-state index is -0.110. The molecule has 1 amide bonds. The average Bonchev–Trinajstić information content (AvgIpc) is 3.06. The quantitative estimate of drug-likeness (QED) is 0.754. The highest BCUT2D eigenvalue weighted by atomic mass is 16.1. The van der Waals surface area contributed by atoms with Gasteiger partial charge in [0.2, 0.25) is 5.91 Å². The lowest BCUT2D eigenvalue weighted by molar-refractivity contribution is -0.114. The van der Waals surface area contributed by atoms with Crippen molar-refractivity contribution in [3.05, 3.63) is 60.3 Å². The molecule has 0 unspecified atom stereocenters. The third-order valence-corrected chi connectivity index (χ3v) is 4.13. The molecule has 4 rings (SSSR count). The summed E-state index contributed by atoms with van der Waals surface area (Å²) >= 11 is 0. The van der Waals surface area contributed by atoms with Crippen LogP contribution in [0.3, 0.4) is 0 Å². The number of hydrogen-bond acceptors (Lipinski definition) is 6. The molecular weight excluding hydrogens is 328 g/mol. The molecule has 2 heterocycles. The van der Waals surface area contributed by atoms with Crippen molar-refractivity contribution in [3.8, 4) is 0 Å². The maximum absolute atomic E-state index is 11.2. The molecule has 0 saturated heterocycles. The summed E-state index contributed by atoms with van der Waals surface area (Å²) < 4.78 is 0. The number of carbonyl (C=O) groups is 1. The number of carbonyl (C=O) groups excluding carboxylic acids is 1.